The summed E-state index contributed by atoms with van der Waals surface area (Å²) in [5.41, 5.74) is 8.21. The molecule has 3 rings (SSSR count). The summed E-state index contributed by atoms with van der Waals surface area (Å²) < 4.78 is 0. The Hall–Kier alpha value is -3.85. The molecule has 0 bridgehead atoms. The fraction of sp³-hybridized carbons (Fsp3) is 0.346. The Morgan fingerprint density at radius 3 is 2.31 bits per heavy atom. The standard InChI is InChI=1S/C26H35N7O2/c1-26(2)22(29-3)20(23(28)31-24(34)18-11-13-19(27)14-12-18)15-33(26)25(35)30-21(16-32(4)5)17-9-7-6-8-10-17/h6-14,21,29H,15-16,27H2,1-5H3,(H,30,35)(H2,28,31,34)/t21-/m1/s1. The number of nitrogens with zero attached hydrogens (tertiary/aromatic N) is 2. The van der Waals surface area contributed by atoms with Crippen molar-refractivity contribution < 1.29 is 9.59 Å². The topological polar surface area (TPSA) is 127 Å². The highest BCUT2D eigenvalue weighted by Crippen LogP contribution is 2.33. The molecule has 9 nitrogen and oxygen atoms in total. The average Bonchev–Trinajstić information content (AvgIpc) is 3.09. The van der Waals surface area contributed by atoms with Gasteiger partial charge in [0, 0.05) is 36.1 Å². The van der Waals surface area contributed by atoms with E-state index in [1.54, 1.807) is 36.2 Å². The highest BCUT2D eigenvalue weighted by atomic mass is 16.2. The van der Waals surface area contributed by atoms with E-state index < -0.39 is 11.4 Å². The van der Waals surface area contributed by atoms with Crippen molar-refractivity contribution in [2.24, 2.45) is 0 Å². The van der Waals surface area contributed by atoms with Crippen LogP contribution in [0, 0.1) is 5.41 Å². The number of carbonyl (C=O) groups is 2. The van der Waals surface area contributed by atoms with E-state index in [4.69, 9.17) is 11.1 Å². The second kappa shape index (κ2) is 10.6. The van der Waals surface area contributed by atoms with Crippen LogP contribution >= 0.6 is 0 Å². The molecule has 0 saturated heterocycles. The quantitative estimate of drug-likeness (QED) is 0.238. The van der Waals surface area contributed by atoms with Crippen LogP contribution in [0.25, 0.3) is 0 Å². The van der Waals surface area contributed by atoms with Gasteiger partial charge in [-0.2, -0.15) is 0 Å². The van der Waals surface area contributed by atoms with E-state index in [1.165, 1.54) is 0 Å². The number of hydrogen-bond donors (Lipinski definition) is 5. The molecule has 2 aromatic carbocycles. The molecule has 1 heterocycles. The van der Waals surface area contributed by atoms with Gasteiger partial charge >= 0.3 is 6.03 Å². The fourth-order valence-corrected chi connectivity index (χ4v) is 4.33. The summed E-state index contributed by atoms with van der Waals surface area (Å²) in [6.45, 7) is 4.66. The second-order valence-electron chi connectivity index (χ2n) is 9.37. The first-order valence-electron chi connectivity index (χ1n) is 11.5. The van der Waals surface area contributed by atoms with Crippen molar-refractivity contribution >= 4 is 23.5 Å². The zero-order chi connectivity index (χ0) is 25.8. The number of nitrogens with one attached hydrogen (secondary N) is 4. The number of urea groups is 1. The second-order valence-corrected chi connectivity index (χ2v) is 9.37. The zero-order valence-electron chi connectivity index (χ0n) is 21.0. The van der Waals surface area contributed by atoms with Crippen LogP contribution in [0.5, 0.6) is 0 Å². The number of amides is 3. The highest BCUT2D eigenvalue weighted by Gasteiger charge is 2.44. The van der Waals surface area contributed by atoms with E-state index in [9.17, 15) is 9.59 Å². The lowest BCUT2D eigenvalue weighted by Crippen LogP contribution is -2.52. The third-order valence-corrected chi connectivity index (χ3v) is 6.16. The lowest BCUT2D eigenvalue weighted by atomic mass is 9.99. The van der Waals surface area contributed by atoms with Gasteiger partial charge in [-0.15, -0.1) is 0 Å². The molecule has 0 aromatic heterocycles. The summed E-state index contributed by atoms with van der Waals surface area (Å²) in [4.78, 5) is 29.9. The summed E-state index contributed by atoms with van der Waals surface area (Å²) in [6.07, 6.45) is 0. The van der Waals surface area contributed by atoms with Crippen molar-refractivity contribution in [2.75, 3.05) is 40.0 Å². The number of carbonyl (C=O) groups excluding carboxylic acids is 2. The number of hydrogen-bond acceptors (Lipinski definition) is 6. The normalized spacial score (nSPS) is 15.7. The number of anilines is 1. The Balaban J connectivity index is 1.79. The largest absolute Gasteiger partial charge is 0.399 e. The predicted octanol–water partition coefficient (Wildman–Crippen LogP) is 2.56. The van der Waals surface area contributed by atoms with Crippen molar-refractivity contribution in [1.82, 2.24) is 25.8 Å². The summed E-state index contributed by atoms with van der Waals surface area (Å²) in [5.74, 6) is -0.457. The molecule has 35 heavy (non-hydrogen) atoms. The first-order chi connectivity index (χ1) is 16.5. The zero-order valence-corrected chi connectivity index (χ0v) is 21.0. The van der Waals surface area contributed by atoms with Crippen LogP contribution < -0.4 is 21.7 Å². The maximum atomic E-state index is 13.5. The minimum atomic E-state index is -0.717. The lowest BCUT2D eigenvalue weighted by molar-refractivity contribution is 0.0977. The molecule has 3 amide bonds. The molecule has 0 saturated carbocycles. The Kier molecular flexibility index (Phi) is 7.81. The maximum absolute atomic E-state index is 13.5. The molecule has 0 aliphatic carbocycles. The van der Waals surface area contributed by atoms with Gasteiger partial charge in [0.1, 0.15) is 5.84 Å². The van der Waals surface area contributed by atoms with E-state index >= 15 is 0 Å². The van der Waals surface area contributed by atoms with E-state index in [1.807, 2.05) is 63.2 Å². The van der Waals surface area contributed by atoms with Gasteiger partial charge in [0.2, 0.25) is 0 Å². The van der Waals surface area contributed by atoms with E-state index in [0.717, 1.165) is 5.56 Å². The molecule has 9 heteroatoms. The van der Waals surface area contributed by atoms with E-state index in [2.05, 4.69) is 16.0 Å². The third-order valence-electron chi connectivity index (χ3n) is 6.16. The molecule has 2 aromatic rings. The molecule has 0 unspecified atom stereocenters. The van der Waals surface area contributed by atoms with Gasteiger partial charge < -0.3 is 31.5 Å². The molecule has 1 aliphatic rings. The molecule has 0 radical (unpaired) electrons. The molecule has 0 spiro atoms. The van der Waals surface area contributed by atoms with Gasteiger partial charge in [-0.05, 0) is 57.8 Å². The summed E-state index contributed by atoms with van der Waals surface area (Å²) in [5, 5.41) is 17.6. The predicted molar refractivity (Wildman–Crippen MR) is 139 cm³/mol. The van der Waals surface area contributed by atoms with Crippen molar-refractivity contribution in [3.05, 3.63) is 77.0 Å². The summed E-state index contributed by atoms with van der Waals surface area (Å²) in [6, 6.07) is 15.9. The first-order valence-corrected chi connectivity index (χ1v) is 11.5. The Bertz CT molecular complexity index is 1110. The SMILES string of the molecule is CNC1=C(C(=N)NC(=O)c2ccc(N)cc2)CN(C(=O)N[C@H](CN(C)C)c2ccccc2)C1(C)C. The first kappa shape index (κ1) is 25.8. The number of nitrogens with two attached hydrogens (primary N) is 1. The van der Waals surface area contributed by atoms with Crippen molar-refractivity contribution in [1.29, 1.82) is 5.41 Å². The Morgan fingerprint density at radius 1 is 1.11 bits per heavy atom. The van der Waals surface area contributed by atoms with Crippen LogP contribution in [0.2, 0.25) is 0 Å². The lowest BCUT2D eigenvalue weighted by Gasteiger charge is -2.35. The van der Waals surface area contributed by atoms with Crippen molar-refractivity contribution in [2.45, 2.75) is 25.4 Å². The van der Waals surface area contributed by atoms with Crippen molar-refractivity contribution in [3.8, 4) is 0 Å². The number of rotatable bonds is 7. The van der Waals surface area contributed by atoms with Crippen LogP contribution in [-0.4, -0.2) is 67.3 Å². The van der Waals surface area contributed by atoms with Crippen LogP contribution in [0.3, 0.4) is 0 Å². The number of likely N-dealkylation sites (N-methyl/N-ethyl adjacent to an activating group) is 2. The molecular weight excluding hydrogens is 442 g/mol. The van der Waals surface area contributed by atoms with Gasteiger partial charge in [0.15, 0.2) is 0 Å². The smallest absolute Gasteiger partial charge is 0.318 e. The highest BCUT2D eigenvalue weighted by molar-refractivity contribution is 6.12. The van der Waals surface area contributed by atoms with Gasteiger partial charge in [-0.25, -0.2) is 4.79 Å². The van der Waals surface area contributed by atoms with Crippen LogP contribution in [0.1, 0.15) is 35.8 Å². The van der Waals surface area contributed by atoms with Crippen molar-refractivity contribution in [3.63, 3.8) is 0 Å². The molecule has 0 fully saturated rings. The molecule has 1 aliphatic heterocycles. The van der Waals surface area contributed by atoms with E-state index in [-0.39, 0.29) is 24.5 Å². The van der Waals surface area contributed by atoms with Crippen LogP contribution in [0.4, 0.5) is 10.5 Å². The molecule has 6 N–H and O–H groups in total. The molecule has 1 atom stereocenters. The Morgan fingerprint density at radius 2 is 1.74 bits per heavy atom. The number of benzene rings is 2. The molecule has 186 valence electrons. The minimum Gasteiger partial charge on any atom is -0.399 e. The van der Waals surface area contributed by atoms with Gasteiger partial charge in [-0.3, -0.25) is 10.2 Å². The van der Waals surface area contributed by atoms with Gasteiger partial charge in [-0.1, -0.05) is 30.3 Å². The third kappa shape index (κ3) is 5.81. The summed E-state index contributed by atoms with van der Waals surface area (Å²) >= 11 is 0. The van der Waals surface area contributed by atoms with Crippen LogP contribution in [0.15, 0.2) is 65.9 Å². The number of nitrogen functional groups attached to an aromatic ring is 1. The molecular formula is C26H35N7O2. The summed E-state index contributed by atoms with van der Waals surface area (Å²) in [7, 11) is 5.68. The van der Waals surface area contributed by atoms with Crippen LogP contribution in [-0.2, 0) is 0 Å². The average molecular weight is 478 g/mol. The van der Waals surface area contributed by atoms with E-state index in [0.29, 0.717) is 29.1 Å². The fourth-order valence-electron chi connectivity index (χ4n) is 4.33. The maximum Gasteiger partial charge on any atom is 0.318 e. The minimum absolute atomic E-state index is 0.0487. The monoisotopic (exact) mass is 477 g/mol. The Labute approximate surface area is 206 Å². The van der Waals surface area contributed by atoms with Gasteiger partial charge in [0.25, 0.3) is 5.91 Å². The van der Waals surface area contributed by atoms with Gasteiger partial charge in [0.05, 0.1) is 18.1 Å². The number of amidine groups is 1.